The van der Waals surface area contributed by atoms with Crippen molar-refractivity contribution in [2.45, 2.75) is 56.6 Å². The van der Waals surface area contributed by atoms with Crippen molar-refractivity contribution in [3.8, 4) is 11.5 Å². The van der Waals surface area contributed by atoms with Crippen LogP contribution in [0.4, 0.5) is 0 Å². The van der Waals surface area contributed by atoms with Gasteiger partial charge in [0, 0.05) is 30.5 Å². The summed E-state index contributed by atoms with van der Waals surface area (Å²) < 4.78 is 0. The molecule has 1 atom stereocenters. The summed E-state index contributed by atoms with van der Waals surface area (Å²) in [5.74, 6) is 0.824. The van der Waals surface area contributed by atoms with Gasteiger partial charge in [-0.2, -0.15) is 0 Å². The first-order chi connectivity index (χ1) is 13.5. The minimum atomic E-state index is -0.225. The second kappa shape index (κ2) is 12.8. The molecule has 0 spiro atoms. The fourth-order valence-electron chi connectivity index (χ4n) is 2.94. The van der Waals surface area contributed by atoms with E-state index >= 15 is 0 Å². The van der Waals surface area contributed by atoms with Crippen LogP contribution in [0.2, 0.25) is 0 Å². The minimum Gasteiger partial charge on any atom is -0.504 e. The molecule has 0 aromatic heterocycles. The van der Waals surface area contributed by atoms with Crippen LogP contribution < -0.4 is 10.6 Å². The smallest absolute Gasteiger partial charge is 0.224 e. The van der Waals surface area contributed by atoms with Crippen molar-refractivity contribution in [2.24, 2.45) is 0 Å². The molecule has 6 nitrogen and oxygen atoms in total. The van der Waals surface area contributed by atoms with Crippen molar-refractivity contribution in [2.75, 3.05) is 18.8 Å². The number of phenols is 2. The number of carbonyl (C=O) groups is 2. The number of unbranched alkanes of at least 4 members (excludes halogenated alkanes) is 2. The van der Waals surface area contributed by atoms with E-state index in [2.05, 4.69) is 10.6 Å². The van der Waals surface area contributed by atoms with Crippen molar-refractivity contribution < 1.29 is 19.8 Å². The maximum atomic E-state index is 11.9. The van der Waals surface area contributed by atoms with Crippen molar-refractivity contribution in [3.63, 3.8) is 0 Å². The summed E-state index contributed by atoms with van der Waals surface area (Å²) >= 11 is 0. The Morgan fingerprint density at radius 2 is 1.75 bits per heavy atom. The number of hydrogen-bond acceptors (Lipinski definition) is 6. The zero-order valence-electron chi connectivity index (χ0n) is 16.1. The standard InChI is InChI=1S/C20H30N2O4S2/c23-17-8-7-15(13-18(17)24)14-20(26)22-11-4-3-10-21-19(25)6-2-1-5-16-9-12-27-28-16/h7-8,13,16,23-24H,1-6,9-12,14H2,(H,21,25)(H,22,26). The molecule has 4 N–H and O–H groups in total. The number of benzene rings is 1. The Morgan fingerprint density at radius 1 is 1.00 bits per heavy atom. The van der Waals surface area contributed by atoms with E-state index in [4.69, 9.17) is 0 Å². The first-order valence-electron chi connectivity index (χ1n) is 9.87. The van der Waals surface area contributed by atoms with Gasteiger partial charge in [0.05, 0.1) is 6.42 Å². The monoisotopic (exact) mass is 426 g/mol. The lowest BCUT2D eigenvalue weighted by Gasteiger charge is -2.08. The van der Waals surface area contributed by atoms with Crippen LogP contribution in [0.5, 0.6) is 11.5 Å². The molecule has 0 bridgehead atoms. The van der Waals surface area contributed by atoms with Gasteiger partial charge in [-0.25, -0.2) is 0 Å². The van der Waals surface area contributed by atoms with Crippen LogP contribution in [0.3, 0.4) is 0 Å². The van der Waals surface area contributed by atoms with Crippen molar-refractivity contribution in [3.05, 3.63) is 23.8 Å². The molecule has 0 aliphatic carbocycles. The Hall–Kier alpha value is -1.54. The Morgan fingerprint density at radius 3 is 2.43 bits per heavy atom. The van der Waals surface area contributed by atoms with E-state index in [-0.39, 0.29) is 29.7 Å². The van der Waals surface area contributed by atoms with Gasteiger partial charge in [0.25, 0.3) is 0 Å². The molecule has 0 radical (unpaired) electrons. The van der Waals surface area contributed by atoms with Crippen LogP contribution in [-0.2, 0) is 16.0 Å². The molecule has 8 heteroatoms. The lowest BCUT2D eigenvalue weighted by Crippen LogP contribution is -2.28. The molecule has 1 fully saturated rings. The predicted molar refractivity (Wildman–Crippen MR) is 116 cm³/mol. The first kappa shape index (κ1) is 22.7. The van der Waals surface area contributed by atoms with Gasteiger partial charge in [-0.15, -0.1) is 0 Å². The Balaban J connectivity index is 1.43. The summed E-state index contributed by atoms with van der Waals surface area (Å²) in [6.07, 6.45) is 6.96. The number of hydrogen-bond donors (Lipinski definition) is 4. The summed E-state index contributed by atoms with van der Waals surface area (Å²) in [5.41, 5.74) is 0.644. The molecule has 1 aromatic carbocycles. The van der Waals surface area contributed by atoms with E-state index in [0.717, 1.165) is 30.9 Å². The van der Waals surface area contributed by atoms with Gasteiger partial charge in [-0.05, 0) is 49.8 Å². The van der Waals surface area contributed by atoms with Gasteiger partial charge in [-0.3, -0.25) is 9.59 Å². The number of nitrogens with one attached hydrogen (secondary N) is 2. The van der Waals surface area contributed by atoms with Gasteiger partial charge in [-0.1, -0.05) is 34.1 Å². The molecule has 156 valence electrons. The largest absolute Gasteiger partial charge is 0.504 e. The van der Waals surface area contributed by atoms with Crippen molar-refractivity contribution in [1.82, 2.24) is 10.6 Å². The number of carbonyl (C=O) groups excluding carboxylic acids is 2. The fourth-order valence-corrected chi connectivity index (χ4v) is 5.97. The Kier molecular flexibility index (Phi) is 10.4. The summed E-state index contributed by atoms with van der Waals surface area (Å²) in [5, 5.41) is 25.2. The molecule has 1 aliphatic rings. The average molecular weight is 427 g/mol. The molecular weight excluding hydrogens is 396 g/mol. The average Bonchev–Trinajstić information content (AvgIpc) is 3.18. The highest BCUT2D eigenvalue weighted by Gasteiger charge is 2.15. The molecule has 2 amide bonds. The zero-order chi connectivity index (χ0) is 20.2. The van der Waals surface area contributed by atoms with Crippen LogP contribution >= 0.6 is 21.6 Å². The molecule has 1 aliphatic heterocycles. The van der Waals surface area contributed by atoms with Crippen LogP contribution in [0.1, 0.15) is 50.5 Å². The van der Waals surface area contributed by atoms with E-state index in [1.165, 1.54) is 30.7 Å². The number of phenolic OH excluding ortho intramolecular Hbond substituents is 2. The highest BCUT2D eigenvalue weighted by molar-refractivity contribution is 8.77. The molecule has 28 heavy (non-hydrogen) atoms. The van der Waals surface area contributed by atoms with Crippen molar-refractivity contribution in [1.29, 1.82) is 0 Å². The van der Waals surface area contributed by atoms with E-state index in [1.807, 2.05) is 21.6 Å². The second-order valence-electron chi connectivity index (χ2n) is 6.98. The summed E-state index contributed by atoms with van der Waals surface area (Å²) in [6.45, 7) is 1.19. The van der Waals surface area contributed by atoms with Crippen LogP contribution in [-0.4, -0.2) is 46.1 Å². The van der Waals surface area contributed by atoms with Gasteiger partial charge in [0.15, 0.2) is 11.5 Å². The maximum Gasteiger partial charge on any atom is 0.224 e. The van der Waals surface area contributed by atoms with Crippen molar-refractivity contribution >= 4 is 33.4 Å². The van der Waals surface area contributed by atoms with Crippen LogP contribution in [0.25, 0.3) is 0 Å². The third-order valence-corrected chi connectivity index (χ3v) is 7.57. The number of amides is 2. The van der Waals surface area contributed by atoms with E-state index in [0.29, 0.717) is 25.1 Å². The lowest BCUT2D eigenvalue weighted by molar-refractivity contribution is -0.121. The van der Waals surface area contributed by atoms with Crippen LogP contribution in [0, 0.1) is 0 Å². The summed E-state index contributed by atoms with van der Waals surface area (Å²) in [6, 6.07) is 4.36. The van der Waals surface area contributed by atoms with Crippen LogP contribution in [0.15, 0.2) is 18.2 Å². The third kappa shape index (κ3) is 9.10. The van der Waals surface area contributed by atoms with Gasteiger partial charge in [0.2, 0.25) is 11.8 Å². The van der Waals surface area contributed by atoms with Gasteiger partial charge >= 0.3 is 0 Å². The fraction of sp³-hybridized carbons (Fsp3) is 0.600. The molecule has 1 unspecified atom stereocenters. The molecule has 1 heterocycles. The van der Waals surface area contributed by atoms with Gasteiger partial charge < -0.3 is 20.8 Å². The molecule has 1 aromatic rings. The normalized spacial score (nSPS) is 16.1. The Labute approximate surface area is 174 Å². The highest BCUT2D eigenvalue weighted by atomic mass is 33.1. The summed E-state index contributed by atoms with van der Waals surface area (Å²) in [4.78, 5) is 23.7. The maximum absolute atomic E-state index is 11.9. The summed E-state index contributed by atoms with van der Waals surface area (Å²) in [7, 11) is 3.95. The molecular formula is C20H30N2O4S2. The topological polar surface area (TPSA) is 98.7 Å². The third-order valence-electron chi connectivity index (χ3n) is 4.56. The lowest BCUT2D eigenvalue weighted by atomic mass is 10.1. The number of rotatable bonds is 12. The molecule has 0 saturated carbocycles. The number of aromatic hydroxyl groups is 2. The quantitative estimate of drug-likeness (QED) is 0.232. The van der Waals surface area contributed by atoms with E-state index in [9.17, 15) is 19.8 Å². The minimum absolute atomic E-state index is 0.115. The highest BCUT2D eigenvalue weighted by Crippen LogP contribution is 2.39. The predicted octanol–water partition coefficient (Wildman–Crippen LogP) is 3.37. The first-order valence-corrected chi connectivity index (χ1v) is 12.3. The van der Waals surface area contributed by atoms with E-state index in [1.54, 1.807) is 6.07 Å². The molecule has 2 rings (SSSR count). The second-order valence-corrected chi connectivity index (χ2v) is 9.77. The zero-order valence-corrected chi connectivity index (χ0v) is 17.7. The van der Waals surface area contributed by atoms with Gasteiger partial charge in [0.1, 0.15) is 0 Å². The SMILES string of the molecule is O=C(CCCCC1CCSS1)NCCCCNC(=O)Cc1ccc(O)c(O)c1. The molecule has 1 saturated heterocycles. The Bertz CT molecular complexity index is 637. The van der Waals surface area contributed by atoms with E-state index < -0.39 is 0 Å².